The first-order valence-corrected chi connectivity index (χ1v) is 8.66. The summed E-state index contributed by atoms with van der Waals surface area (Å²) >= 11 is 5.96. The number of aromatic nitrogens is 2. The van der Waals surface area contributed by atoms with Gasteiger partial charge in [-0.1, -0.05) is 24.4 Å². The van der Waals surface area contributed by atoms with Gasteiger partial charge in [0, 0.05) is 23.8 Å². The Balaban J connectivity index is 1.69. The summed E-state index contributed by atoms with van der Waals surface area (Å²) in [6, 6.07) is 5.60. The number of hydrogen-bond acceptors (Lipinski definition) is 4. The molecule has 1 aliphatic rings. The third kappa shape index (κ3) is 4.03. The molecule has 0 aliphatic carbocycles. The number of carbonyl (C=O) groups excluding carboxylic acids is 1. The molecule has 5 nitrogen and oxygen atoms in total. The molecule has 1 aromatic carbocycles. The van der Waals surface area contributed by atoms with Crippen molar-refractivity contribution in [2.75, 3.05) is 18.4 Å². The molecule has 1 amide bonds. The second-order valence-corrected chi connectivity index (χ2v) is 6.51. The average molecular weight is 345 g/mol. The Labute approximate surface area is 147 Å². The van der Waals surface area contributed by atoms with Crippen LogP contribution in [0.1, 0.15) is 41.7 Å². The van der Waals surface area contributed by atoms with Crippen LogP contribution in [0.5, 0.6) is 0 Å². The summed E-state index contributed by atoms with van der Waals surface area (Å²) in [5.41, 5.74) is 2.34. The Bertz CT molecular complexity index is 709. The summed E-state index contributed by atoms with van der Waals surface area (Å²) in [5.74, 6) is 0.575. The van der Waals surface area contributed by atoms with Gasteiger partial charge in [-0.15, -0.1) is 0 Å². The predicted molar refractivity (Wildman–Crippen MR) is 95.9 cm³/mol. The first kappa shape index (κ1) is 16.7. The average Bonchev–Trinajstić information content (AvgIpc) is 2.87. The van der Waals surface area contributed by atoms with Gasteiger partial charge in [0.2, 0.25) is 0 Å². The van der Waals surface area contributed by atoms with Crippen molar-refractivity contribution in [3.63, 3.8) is 0 Å². The lowest BCUT2D eigenvalue weighted by molar-refractivity contribution is 0.0755. The monoisotopic (exact) mass is 344 g/mol. The summed E-state index contributed by atoms with van der Waals surface area (Å²) in [6.07, 6.45) is 7.65. The number of benzene rings is 1. The number of nitrogens with zero attached hydrogens (tertiary/aromatic N) is 3. The Morgan fingerprint density at radius 3 is 2.50 bits per heavy atom. The number of aryl methyl sites for hydroxylation is 1. The first-order chi connectivity index (χ1) is 11.6. The summed E-state index contributed by atoms with van der Waals surface area (Å²) in [6.45, 7) is 3.59. The van der Waals surface area contributed by atoms with Crippen LogP contribution < -0.4 is 5.32 Å². The van der Waals surface area contributed by atoms with Gasteiger partial charge in [0.15, 0.2) is 0 Å². The van der Waals surface area contributed by atoms with E-state index < -0.39 is 0 Å². The lowest BCUT2D eigenvalue weighted by atomic mass is 10.2. The van der Waals surface area contributed by atoms with Crippen LogP contribution in [0.25, 0.3) is 0 Å². The quantitative estimate of drug-likeness (QED) is 0.906. The van der Waals surface area contributed by atoms with Crippen molar-refractivity contribution in [3.8, 4) is 0 Å². The lowest BCUT2D eigenvalue weighted by Crippen LogP contribution is -2.32. The molecule has 1 N–H and O–H groups in total. The smallest absolute Gasteiger partial charge is 0.274 e. The van der Waals surface area contributed by atoms with Gasteiger partial charge in [-0.2, -0.15) is 0 Å². The molecule has 0 unspecified atom stereocenters. The zero-order valence-corrected chi connectivity index (χ0v) is 14.5. The van der Waals surface area contributed by atoms with Gasteiger partial charge >= 0.3 is 0 Å². The second kappa shape index (κ2) is 7.62. The van der Waals surface area contributed by atoms with E-state index in [0.717, 1.165) is 37.2 Å². The second-order valence-electron chi connectivity index (χ2n) is 6.08. The molecule has 0 radical (unpaired) electrons. The molecular formula is C18H21ClN4O. The predicted octanol–water partition coefficient (Wildman–Crippen LogP) is 4.20. The van der Waals surface area contributed by atoms with Crippen LogP contribution in [0, 0.1) is 6.92 Å². The van der Waals surface area contributed by atoms with E-state index >= 15 is 0 Å². The van der Waals surface area contributed by atoms with Crippen molar-refractivity contribution in [3.05, 3.63) is 46.9 Å². The minimum atomic E-state index is -0.0291. The number of carbonyl (C=O) groups is 1. The van der Waals surface area contributed by atoms with E-state index in [2.05, 4.69) is 15.3 Å². The number of anilines is 2. The maximum atomic E-state index is 12.5. The Morgan fingerprint density at radius 1 is 1.12 bits per heavy atom. The molecule has 0 spiro atoms. The van der Waals surface area contributed by atoms with E-state index in [1.807, 2.05) is 30.0 Å². The number of amides is 1. The minimum Gasteiger partial charge on any atom is -0.339 e. The van der Waals surface area contributed by atoms with Crippen LogP contribution in [0.3, 0.4) is 0 Å². The molecule has 0 atom stereocenters. The largest absolute Gasteiger partial charge is 0.339 e. The molecule has 24 heavy (non-hydrogen) atoms. The highest BCUT2D eigenvalue weighted by atomic mass is 35.5. The lowest BCUT2D eigenvalue weighted by Gasteiger charge is -2.19. The number of rotatable bonds is 3. The number of nitrogens with one attached hydrogen (secondary N) is 1. The van der Waals surface area contributed by atoms with Crippen LogP contribution in [-0.4, -0.2) is 33.9 Å². The summed E-state index contributed by atoms with van der Waals surface area (Å²) in [7, 11) is 0. The topological polar surface area (TPSA) is 58.1 Å². The molecule has 0 bridgehead atoms. The van der Waals surface area contributed by atoms with Crippen LogP contribution in [0.15, 0.2) is 30.6 Å². The molecule has 6 heteroatoms. The molecule has 126 valence electrons. The SMILES string of the molecule is Cc1cc(Cl)ccc1Nc1cnc(C(=O)N2CCCCCC2)cn1. The maximum Gasteiger partial charge on any atom is 0.274 e. The highest BCUT2D eigenvalue weighted by Crippen LogP contribution is 2.22. The van der Waals surface area contributed by atoms with Gasteiger partial charge < -0.3 is 10.2 Å². The van der Waals surface area contributed by atoms with E-state index in [-0.39, 0.29) is 5.91 Å². The van der Waals surface area contributed by atoms with Crippen molar-refractivity contribution in [2.24, 2.45) is 0 Å². The van der Waals surface area contributed by atoms with Crippen LogP contribution in [0.4, 0.5) is 11.5 Å². The number of likely N-dealkylation sites (tertiary alicyclic amines) is 1. The van der Waals surface area contributed by atoms with Crippen molar-refractivity contribution >= 4 is 29.0 Å². The molecule has 1 aromatic heterocycles. The Kier molecular flexibility index (Phi) is 5.30. The minimum absolute atomic E-state index is 0.0291. The highest BCUT2D eigenvalue weighted by Gasteiger charge is 2.18. The fourth-order valence-electron chi connectivity index (χ4n) is 2.84. The molecular weight excluding hydrogens is 324 g/mol. The molecule has 1 fully saturated rings. The van der Waals surface area contributed by atoms with Gasteiger partial charge in [-0.25, -0.2) is 9.97 Å². The van der Waals surface area contributed by atoms with E-state index in [4.69, 9.17) is 11.6 Å². The van der Waals surface area contributed by atoms with E-state index in [9.17, 15) is 4.79 Å². The molecule has 0 saturated carbocycles. The van der Waals surface area contributed by atoms with E-state index in [1.165, 1.54) is 12.8 Å². The van der Waals surface area contributed by atoms with Crippen molar-refractivity contribution in [2.45, 2.75) is 32.6 Å². The summed E-state index contributed by atoms with van der Waals surface area (Å²) < 4.78 is 0. The van der Waals surface area contributed by atoms with Crippen LogP contribution in [0.2, 0.25) is 5.02 Å². The van der Waals surface area contributed by atoms with E-state index in [0.29, 0.717) is 16.5 Å². The highest BCUT2D eigenvalue weighted by molar-refractivity contribution is 6.30. The molecule has 3 rings (SSSR count). The maximum absolute atomic E-state index is 12.5. The number of halogens is 1. The van der Waals surface area contributed by atoms with Crippen molar-refractivity contribution < 1.29 is 4.79 Å². The fourth-order valence-corrected chi connectivity index (χ4v) is 3.07. The molecule has 2 aromatic rings. The summed E-state index contributed by atoms with van der Waals surface area (Å²) in [4.78, 5) is 23.0. The molecule has 1 saturated heterocycles. The third-order valence-electron chi connectivity index (χ3n) is 4.22. The van der Waals surface area contributed by atoms with Crippen LogP contribution >= 0.6 is 11.6 Å². The van der Waals surface area contributed by atoms with Gasteiger partial charge in [0.1, 0.15) is 11.5 Å². The van der Waals surface area contributed by atoms with Gasteiger partial charge in [-0.05, 0) is 43.5 Å². The molecule has 1 aliphatic heterocycles. The van der Waals surface area contributed by atoms with Gasteiger partial charge in [-0.3, -0.25) is 4.79 Å². The van der Waals surface area contributed by atoms with Gasteiger partial charge in [0.05, 0.1) is 12.4 Å². The Morgan fingerprint density at radius 2 is 1.88 bits per heavy atom. The van der Waals surface area contributed by atoms with Crippen molar-refractivity contribution in [1.82, 2.24) is 14.9 Å². The number of hydrogen-bond donors (Lipinski definition) is 1. The standard InChI is InChI=1S/C18H21ClN4O/c1-13-10-14(19)6-7-15(13)22-17-12-20-16(11-21-17)18(24)23-8-4-2-3-5-9-23/h6-7,10-12H,2-5,8-9H2,1H3,(H,21,22). The third-order valence-corrected chi connectivity index (χ3v) is 4.45. The Hall–Kier alpha value is -2.14. The zero-order valence-electron chi connectivity index (χ0n) is 13.8. The van der Waals surface area contributed by atoms with Crippen LogP contribution in [-0.2, 0) is 0 Å². The van der Waals surface area contributed by atoms with Gasteiger partial charge in [0.25, 0.3) is 5.91 Å². The normalized spacial score (nSPS) is 15.0. The first-order valence-electron chi connectivity index (χ1n) is 8.28. The van der Waals surface area contributed by atoms with Crippen molar-refractivity contribution in [1.29, 1.82) is 0 Å². The fraction of sp³-hybridized carbons (Fsp3) is 0.389. The molecule has 2 heterocycles. The summed E-state index contributed by atoms with van der Waals surface area (Å²) in [5, 5.41) is 3.89. The van der Waals surface area contributed by atoms with E-state index in [1.54, 1.807) is 12.4 Å². The zero-order chi connectivity index (χ0) is 16.9.